The van der Waals surface area contributed by atoms with Crippen LogP contribution in [-0.4, -0.2) is 14.7 Å². The van der Waals surface area contributed by atoms with Gasteiger partial charge in [-0.15, -0.1) is 0 Å². The molecule has 0 aliphatic heterocycles. The van der Waals surface area contributed by atoms with Crippen LogP contribution in [0, 0.1) is 17.0 Å². The second-order valence-corrected chi connectivity index (χ2v) is 4.25. The minimum Gasteiger partial charge on any atom is -0.393 e. The van der Waals surface area contributed by atoms with Gasteiger partial charge in [-0.2, -0.15) is 5.10 Å². The standard InChI is InChI=1S/C11H11ClN4O2/c1-7-9(12)5-14-15(7)6-8-3-2-4-10(11(8)13)16(17)18/h2-5H,6,13H2,1H3. The van der Waals surface area contributed by atoms with Gasteiger partial charge in [-0.3, -0.25) is 14.8 Å². The van der Waals surface area contributed by atoms with Crippen molar-refractivity contribution >= 4 is 23.0 Å². The number of halogens is 1. The highest BCUT2D eigenvalue weighted by atomic mass is 35.5. The van der Waals surface area contributed by atoms with Crippen molar-refractivity contribution in [2.45, 2.75) is 13.5 Å². The van der Waals surface area contributed by atoms with Crippen LogP contribution in [0.4, 0.5) is 11.4 Å². The number of nitro benzene ring substituents is 1. The molecule has 2 N–H and O–H groups in total. The zero-order valence-electron chi connectivity index (χ0n) is 9.63. The zero-order chi connectivity index (χ0) is 13.3. The summed E-state index contributed by atoms with van der Waals surface area (Å²) in [5.74, 6) is 0. The molecule has 0 bridgehead atoms. The van der Waals surface area contributed by atoms with E-state index in [-0.39, 0.29) is 11.4 Å². The molecule has 0 saturated heterocycles. The van der Waals surface area contributed by atoms with Crippen molar-refractivity contribution in [3.05, 3.63) is 50.8 Å². The summed E-state index contributed by atoms with van der Waals surface area (Å²) >= 11 is 5.89. The van der Waals surface area contributed by atoms with Crippen molar-refractivity contribution in [1.82, 2.24) is 9.78 Å². The molecule has 2 rings (SSSR count). The molecule has 0 spiro atoms. The van der Waals surface area contributed by atoms with Crippen molar-refractivity contribution in [2.24, 2.45) is 0 Å². The fourth-order valence-corrected chi connectivity index (χ4v) is 1.78. The Bertz CT molecular complexity index is 609. The maximum absolute atomic E-state index is 10.8. The summed E-state index contributed by atoms with van der Waals surface area (Å²) in [6.07, 6.45) is 1.53. The summed E-state index contributed by atoms with van der Waals surface area (Å²) in [4.78, 5) is 10.3. The van der Waals surface area contributed by atoms with Crippen molar-refractivity contribution in [1.29, 1.82) is 0 Å². The van der Waals surface area contributed by atoms with E-state index in [2.05, 4.69) is 5.10 Å². The summed E-state index contributed by atoms with van der Waals surface area (Å²) in [7, 11) is 0. The molecule has 0 saturated carbocycles. The lowest BCUT2D eigenvalue weighted by molar-refractivity contribution is -0.383. The molecular weight excluding hydrogens is 256 g/mol. The molecule has 0 aliphatic rings. The van der Waals surface area contributed by atoms with E-state index >= 15 is 0 Å². The average Bonchev–Trinajstić information content (AvgIpc) is 2.63. The zero-order valence-corrected chi connectivity index (χ0v) is 10.4. The van der Waals surface area contributed by atoms with Crippen LogP contribution in [-0.2, 0) is 6.54 Å². The van der Waals surface area contributed by atoms with Crippen molar-refractivity contribution in [3.63, 3.8) is 0 Å². The summed E-state index contributed by atoms with van der Waals surface area (Å²) in [5, 5.41) is 15.4. The number of para-hydroxylation sites is 1. The minimum atomic E-state index is -0.498. The molecule has 94 valence electrons. The predicted octanol–water partition coefficient (Wildman–Crippen LogP) is 2.38. The topological polar surface area (TPSA) is 87.0 Å². The molecule has 0 radical (unpaired) electrons. The number of rotatable bonds is 3. The summed E-state index contributed by atoms with van der Waals surface area (Å²) < 4.78 is 1.65. The first-order valence-corrected chi connectivity index (χ1v) is 5.58. The van der Waals surface area contributed by atoms with Crippen LogP contribution in [0.25, 0.3) is 0 Å². The van der Waals surface area contributed by atoms with E-state index in [1.807, 2.05) is 6.92 Å². The monoisotopic (exact) mass is 266 g/mol. The van der Waals surface area contributed by atoms with Crippen LogP contribution in [0.15, 0.2) is 24.4 Å². The highest BCUT2D eigenvalue weighted by Crippen LogP contribution is 2.26. The molecule has 0 amide bonds. The molecule has 0 fully saturated rings. The van der Waals surface area contributed by atoms with Crippen LogP contribution in [0.5, 0.6) is 0 Å². The molecule has 0 unspecified atom stereocenters. The number of hydrogen-bond donors (Lipinski definition) is 1. The molecule has 0 atom stereocenters. The molecule has 1 aromatic heterocycles. The Balaban J connectivity index is 2.38. The Morgan fingerprint density at radius 2 is 2.28 bits per heavy atom. The Morgan fingerprint density at radius 3 is 2.83 bits per heavy atom. The van der Waals surface area contributed by atoms with Gasteiger partial charge in [0, 0.05) is 11.6 Å². The number of nitrogens with zero attached hydrogens (tertiary/aromatic N) is 3. The van der Waals surface area contributed by atoms with Gasteiger partial charge in [0.1, 0.15) is 5.69 Å². The van der Waals surface area contributed by atoms with E-state index in [0.29, 0.717) is 17.1 Å². The van der Waals surface area contributed by atoms with E-state index < -0.39 is 4.92 Å². The van der Waals surface area contributed by atoms with Crippen molar-refractivity contribution in [3.8, 4) is 0 Å². The second kappa shape index (κ2) is 4.66. The van der Waals surface area contributed by atoms with E-state index in [1.54, 1.807) is 16.8 Å². The van der Waals surface area contributed by atoms with Crippen molar-refractivity contribution in [2.75, 3.05) is 5.73 Å². The molecule has 7 heteroatoms. The Kier molecular flexibility index (Phi) is 3.20. The van der Waals surface area contributed by atoms with E-state index in [9.17, 15) is 10.1 Å². The summed E-state index contributed by atoms with van der Waals surface area (Å²) in [6.45, 7) is 2.18. The Labute approximate surface area is 108 Å². The first-order valence-electron chi connectivity index (χ1n) is 5.20. The van der Waals surface area contributed by atoms with Crippen LogP contribution >= 0.6 is 11.6 Å². The van der Waals surface area contributed by atoms with Gasteiger partial charge in [-0.05, 0) is 6.92 Å². The number of nitrogens with two attached hydrogens (primary N) is 1. The van der Waals surface area contributed by atoms with E-state index in [0.717, 1.165) is 5.69 Å². The van der Waals surface area contributed by atoms with E-state index in [4.69, 9.17) is 17.3 Å². The number of nitro groups is 1. The third kappa shape index (κ3) is 2.14. The molecule has 1 heterocycles. The van der Waals surface area contributed by atoms with Gasteiger partial charge in [0.2, 0.25) is 0 Å². The van der Waals surface area contributed by atoms with Gasteiger partial charge in [0.25, 0.3) is 5.69 Å². The SMILES string of the molecule is Cc1c(Cl)cnn1Cc1cccc([N+](=O)[O-])c1N. The minimum absolute atomic E-state index is 0.0941. The lowest BCUT2D eigenvalue weighted by Crippen LogP contribution is -2.07. The lowest BCUT2D eigenvalue weighted by Gasteiger charge is -2.07. The molecule has 18 heavy (non-hydrogen) atoms. The largest absolute Gasteiger partial charge is 0.393 e. The Hall–Kier alpha value is -2.08. The van der Waals surface area contributed by atoms with Crippen LogP contribution in [0.1, 0.15) is 11.3 Å². The normalized spacial score (nSPS) is 10.6. The maximum atomic E-state index is 10.8. The number of benzene rings is 1. The lowest BCUT2D eigenvalue weighted by atomic mass is 10.1. The molecule has 6 nitrogen and oxygen atoms in total. The highest BCUT2D eigenvalue weighted by molar-refractivity contribution is 6.31. The highest BCUT2D eigenvalue weighted by Gasteiger charge is 2.15. The van der Waals surface area contributed by atoms with Crippen LogP contribution in [0.3, 0.4) is 0 Å². The number of nitrogen functional groups attached to an aromatic ring is 1. The van der Waals surface area contributed by atoms with Crippen LogP contribution < -0.4 is 5.73 Å². The Morgan fingerprint density at radius 1 is 1.56 bits per heavy atom. The third-order valence-corrected chi connectivity index (χ3v) is 3.10. The molecule has 0 aliphatic carbocycles. The fourth-order valence-electron chi connectivity index (χ4n) is 1.64. The number of anilines is 1. The first kappa shape index (κ1) is 12.4. The van der Waals surface area contributed by atoms with Crippen LogP contribution in [0.2, 0.25) is 5.02 Å². The average molecular weight is 267 g/mol. The molecule has 1 aromatic carbocycles. The quantitative estimate of drug-likeness (QED) is 0.525. The van der Waals surface area contributed by atoms with Gasteiger partial charge in [0.15, 0.2) is 0 Å². The van der Waals surface area contributed by atoms with Gasteiger partial charge in [-0.1, -0.05) is 23.7 Å². The summed E-state index contributed by atoms with van der Waals surface area (Å²) in [6, 6.07) is 4.71. The number of hydrogen-bond acceptors (Lipinski definition) is 4. The van der Waals surface area contributed by atoms with Gasteiger partial charge in [-0.25, -0.2) is 0 Å². The van der Waals surface area contributed by atoms with E-state index in [1.165, 1.54) is 12.3 Å². The first-order chi connectivity index (χ1) is 8.50. The fraction of sp³-hybridized carbons (Fsp3) is 0.182. The predicted molar refractivity (Wildman–Crippen MR) is 68.6 cm³/mol. The summed E-state index contributed by atoms with van der Waals surface area (Å²) in [5.41, 5.74) is 7.28. The number of aromatic nitrogens is 2. The van der Waals surface area contributed by atoms with Gasteiger partial charge < -0.3 is 5.73 Å². The maximum Gasteiger partial charge on any atom is 0.292 e. The van der Waals surface area contributed by atoms with Gasteiger partial charge >= 0.3 is 0 Å². The smallest absolute Gasteiger partial charge is 0.292 e. The van der Waals surface area contributed by atoms with Gasteiger partial charge in [0.05, 0.1) is 28.4 Å². The third-order valence-electron chi connectivity index (χ3n) is 2.73. The molecular formula is C11H11ClN4O2. The second-order valence-electron chi connectivity index (χ2n) is 3.84. The molecule has 2 aromatic rings. The van der Waals surface area contributed by atoms with Crippen molar-refractivity contribution < 1.29 is 4.92 Å².